The lowest BCUT2D eigenvalue weighted by Crippen LogP contribution is -2.33. The number of methoxy groups -OCH3 is 1. The Balaban J connectivity index is 1.75. The van der Waals surface area contributed by atoms with Crippen molar-refractivity contribution in [2.75, 3.05) is 33.4 Å². The van der Waals surface area contributed by atoms with Gasteiger partial charge in [0.05, 0.1) is 18.4 Å². The molecule has 0 aliphatic carbocycles. The van der Waals surface area contributed by atoms with E-state index in [0.29, 0.717) is 32.0 Å². The van der Waals surface area contributed by atoms with Crippen LogP contribution in [0.15, 0.2) is 28.8 Å². The molecule has 0 fully saturated rings. The number of amides is 1. The van der Waals surface area contributed by atoms with Crippen LogP contribution in [0.25, 0.3) is 11.3 Å². The fraction of sp³-hybridized carbons (Fsp3) is 0.412. The zero-order chi connectivity index (χ0) is 18.1. The average molecular weight is 353 g/mol. The van der Waals surface area contributed by atoms with E-state index in [9.17, 15) is 13.6 Å². The molecule has 0 aliphatic heterocycles. The van der Waals surface area contributed by atoms with Crippen molar-refractivity contribution in [2.24, 2.45) is 0 Å². The summed E-state index contributed by atoms with van der Waals surface area (Å²) in [5, 5.41) is 5.88. The van der Waals surface area contributed by atoms with Crippen molar-refractivity contribution in [1.29, 1.82) is 0 Å². The van der Waals surface area contributed by atoms with E-state index in [2.05, 4.69) is 15.6 Å². The summed E-state index contributed by atoms with van der Waals surface area (Å²) >= 11 is 0. The number of aryl methyl sites for hydroxylation is 1. The number of aromatic nitrogens is 1. The standard InChI is InChI=1S/C17H21F2N3O3/c1-24-9-8-20-6-7-21-16(23)4-5-17-22-11-15(25-17)13-3-2-12(18)10-14(13)19/h2-3,10-11,20H,4-9H2,1H3,(H,21,23). The van der Waals surface area contributed by atoms with E-state index < -0.39 is 11.6 Å². The second kappa shape index (κ2) is 9.85. The molecule has 1 amide bonds. The summed E-state index contributed by atoms with van der Waals surface area (Å²) in [6.07, 6.45) is 1.87. The SMILES string of the molecule is COCCNCCNC(=O)CCc1ncc(-c2ccc(F)cc2F)o1. The van der Waals surface area contributed by atoms with Crippen LogP contribution in [0.4, 0.5) is 8.78 Å². The van der Waals surface area contributed by atoms with E-state index in [0.717, 1.165) is 18.7 Å². The zero-order valence-electron chi connectivity index (χ0n) is 14.0. The maximum Gasteiger partial charge on any atom is 0.220 e. The molecule has 25 heavy (non-hydrogen) atoms. The van der Waals surface area contributed by atoms with Crippen LogP contribution < -0.4 is 10.6 Å². The molecular weight excluding hydrogens is 332 g/mol. The molecule has 0 saturated heterocycles. The minimum absolute atomic E-state index is 0.124. The van der Waals surface area contributed by atoms with Crippen molar-refractivity contribution in [3.63, 3.8) is 0 Å². The van der Waals surface area contributed by atoms with Gasteiger partial charge in [0.15, 0.2) is 11.7 Å². The molecule has 8 heteroatoms. The van der Waals surface area contributed by atoms with Gasteiger partial charge in [0.2, 0.25) is 5.91 Å². The Kier molecular flexibility index (Phi) is 7.49. The van der Waals surface area contributed by atoms with Gasteiger partial charge in [0, 0.05) is 45.7 Å². The van der Waals surface area contributed by atoms with Crippen LogP contribution in [-0.2, 0) is 16.0 Å². The first-order valence-corrected chi connectivity index (χ1v) is 7.96. The van der Waals surface area contributed by atoms with Crippen LogP contribution in [0.3, 0.4) is 0 Å². The Morgan fingerprint density at radius 3 is 2.88 bits per heavy atom. The van der Waals surface area contributed by atoms with E-state index in [-0.39, 0.29) is 23.7 Å². The monoisotopic (exact) mass is 353 g/mol. The molecule has 0 bridgehead atoms. The second-order valence-electron chi connectivity index (χ2n) is 5.34. The number of hydrogen-bond donors (Lipinski definition) is 2. The number of carbonyl (C=O) groups excluding carboxylic acids is 1. The molecule has 6 nitrogen and oxygen atoms in total. The molecular formula is C17H21F2N3O3. The minimum atomic E-state index is -0.721. The van der Waals surface area contributed by atoms with Crippen molar-refractivity contribution in [3.8, 4) is 11.3 Å². The number of nitrogens with zero attached hydrogens (tertiary/aromatic N) is 1. The molecule has 136 valence electrons. The van der Waals surface area contributed by atoms with Gasteiger partial charge in [-0.2, -0.15) is 0 Å². The van der Waals surface area contributed by atoms with Gasteiger partial charge in [-0.1, -0.05) is 0 Å². The minimum Gasteiger partial charge on any atom is -0.441 e. The number of halogens is 2. The van der Waals surface area contributed by atoms with E-state index >= 15 is 0 Å². The molecule has 2 aromatic rings. The number of carbonyl (C=O) groups is 1. The van der Waals surface area contributed by atoms with Gasteiger partial charge in [-0.05, 0) is 12.1 Å². The van der Waals surface area contributed by atoms with Crippen LogP contribution in [-0.4, -0.2) is 44.2 Å². The summed E-state index contributed by atoms with van der Waals surface area (Å²) in [5.74, 6) is -0.973. The molecule has 1 aromatic carbocycles. The molecule has 0 atom stereocenters. The number of ether oxygens (including phenoxy) is 1. The van der Waals surface area contributed by atoms with Gasteiger partial charge in [0.25, 0.3) is 0 Å². The summed E-state index contributed by atoms with van der Waals surface area (Å²) in [7, 11) is 1.63. The topological polar surface area (TPSA) is 76.4 Å². The smallest absolute Gasteiger partial charge is 0.220 e. The number of benzene rings is 1. The first kappa shape index (κ1) is 19.0. The van der Waals surface area contributed by atoms with E-state index in [1.165, 1.54) is 12.3 Å². The lowest BCUT2D eigenvalue weighted by atomic mass is 10.2. The summed E-state index contributed by atoms with van der Waals surface area (Å²) < 4.78 is 37.0. The van der Waals surface area contributed by atoms with Gasteiger partial charge in [-0.15, -0.1) is 0 Å². The van der Waals surface area contributed by atoms with E-state index in [4.69, 9.17) is 9.15 Å². The second-order valence-corrected chi connectivity index (χ2v) is 5.34. The van der Waals surface area contributed by atoms with Gasteiger partial charge in [-0.3, -0.25) is 4.79 Å². The molecule has 0 spiro atoms. The molecule has 2 rings (SSSR count). The molecule has 2 N–H and O–H groups in total. The molecule has 0 saturated carbocycles. The van der Waals surface area contributed by atoms with Gasteiger partial charge < -0.3 is 19.8 Å². The third kappa shape index (κ3) is 6.24. The highest BCUT2D eigenvalue weighted by atomic mass is 19.1. The van der Waals surface area contributed by atoms with E-state index in [1.54, 1.807) is 7.11 Å². The largest absolute Gasteiger partial charge is 0.441 e. The van der Waals surface area contributed by atoms with Crippen molar-refractivity contribution in [3.05, 3.63) is 41.9 Å². The number of rotatable bonds is 10. The Labute approximate surface area is 144 Å². The molecule has 0 radical (unpaired) electrons. The van der Waals surface area contributed by atoms with Crippen molar-refractivity contribution in [1.82, 2.24) is 15.6 Å². The fourth-order valence-corrected chi connectivity index (χ4v) is 2.14. The van der Waals surface area contributed by atoms with E-state index in [1.807, 2.05) is 0 Å². The molecule has 1 heterocycles. The van der Waals surface area contributed by atoms with Crippen LogP contribution in [0.1, 0.15) is 12.3 Å². The van der Waals surface area contributed by atoms with Crippen LogP contribution >= 0.6 is 0 Å². The molecule has 0 aliphatic rings. The summed E-state index contributed by atoms with van der Waals surface area (Å²) in [6.45, 7) is 2.52. The van der Waals surface area contributed by atoms with Gasteiger partial charge >= 0.3 is 0 Å². The van der Waals surface area contributed by atoms with Crippen LogP contribution in [0, 0.1) is 11.6 Å². The number of oxazole rings is 1. The van der Waals surface area contributed by atoms with Crippen molar-refractivity contribution >= 4 is 5.91 Å². The summed E-state index contributed by atoms with van der Waals surface area (Å²) in [4.78, 5) is 15.8. The Hall–Kier alpha value is -2.32. The highest BCUT2D eigenvalue weighted by molar-refractivity contribution is 5.76. The third-order valence-corrected chi connectivity index (χ3v) is 3.42. The number of hydrogen-bond acceptors (Lipinski definition) is 5. The fourth-order valence-electron chi connectivity index (χ4n) is 2.14. The molecule has 0 unspecified atom stereocenters. The quantitative estimate of drug-likeness (QED) is 0.638. The third-order valence-electron chi connectivity index (χ3n) is 3.42. The number of nitrogens with one attached hydrogen (secondary N) is 2. The van der Waals surface area contributed by atoms with Gasteiger partial charge in [0.1, 0.15) is 11.6 Å². The van der Waals surface area contributed by atoms with Crippen LogP contribution in [0.2, 0.25) is 0 Å². The predicted octanol–water partition coefficient (Wildman–Crippen LogP) is 1.90. The average Bonchev–Trinajstić information content (AvgIpc) is 3.05. The normalized spacial score (nSPS) is 10.8. The zero-order valence-corrected chi connectivity index (χ0v) is 14.0. The van der Waals surface area contributed by atoms with Crippen LogP contribution in [0.5, 0.6) is 0 Å². The lowest BCUT2D eigenvalue weighted by Gasteiger charge is -2.05. The highest BCUT2D eigenvalue weighted by Gasteiger charge is 2.12. The summed E-state index contributed by atoms with van der Waals surface area (Å²) in [5.41, 5.74) is 0.131. The Bertz CT molecular complexity index is 692. The highest BCUT2D eigenvalue weighted by Crippen LogP contribution is 2.24. The Morgan fingerprint density at radius 1 is 1.28 bits per heavy atom. The maximum atomic E-state index is 13.7. The lowest BCUT2D eigenvalue weighted by molar-refractivity contribution is -0.121. The molecule has 1 aromatic heterocycles. The van der Waals surface area contributed by atoms with Gasteiger partial charge in [-0.25, -0.2) is 13.8 Å². The maximum absolute atomic E-state index is 13.7. The first-order chi connectivity index (χ1) is 12.1. The van der Waals surface area contributed by atoms with Crippen molar-refractivity contribution < 1.29 is 22.7 Å². The summed E-state index contributed by atoms with van der Waals surface area (Å²) in [6, 6.07) is 3.22. The van der Waals surface area contributed by atoms with Crippen molar-refractivity contribution in [2.45, 2.75) is 12.8 Å². The Morgan fingerprint density at radius 2 is 2.12 bits per heavy atom. The first-order valence-electron chi connectivity index (χ1n) is 7.96. The predicted molar refractivity (Wildman–Crippen MR) is 87.9 cm³/mol.